The van der Waals surface area contributed by atoms with Crippen LogP contribution in [0.2, 0.25) is 0 Å². The average molecular weight is 401 g/mol. The smallest absolute Gasteiger partial charge is 0.337 e. The number of benzene rings is 2. The van der Waals surface area contributed by atoms with Crippen LogP contribution in [0.25, 0.3) is 0 Å². The van der Waals surface area contributed by atoms with Crippen molar-refractivity contribution in [1.29, 1.82) is 0 Å². The fourth-order valence-corrected chi connectivity index (χ4v) is 4.17. The van der Waals surface area contributed by atoms with Gasteiger partial charge in [0.05, 0.1) is 21.6 Å². The van der Waals surface area contributed by atoms with Gasteiger partial charge in [-0.3, -0.25) is 20.1 Å². The highest BCUT2D eigenvalue weighted by atomic mass is 16.6. The Balaban J connectivity index is 2.10. The molecule has 0 saturated carbocycles. The molecule has 30 heavy (non-hydrogen) atoms. The lowest BCUT2D eigenvalue weighted by Gasteiger charge is -2.39. The number of aliphatic imine (C=N–C) groups is 1. The fraction of sp³-hybridized carbons (Fsp3) is 0.174. The fourth-order valence-electron chi connectivity index (χ4n) is 4.17. The second-order valence-corrected chi connectivity index (χ2v) is 7.52. The van der Waals surface area contributed by atoms with Crippen LogP contribution in [0.15, 0.2) is 65.9 Å². The molecule has 1 atom stereocenters. The van der Waals surface area contributed by atoms with Crippen molar-refractivity contribution in [3.63, 3.8) is 0 Å². The van der Waals surface area contributed by atoms with Gasteiger partial charge < -0.3 is 5.11 Å². The van der Waals surface area contributed by atoms with Gasteiger partial charge in [0.2, 0.25) is 0 Å². The molecule has 1 aliphatic rings. The van der Waals surface area contributed by atoms with Gasteiger partial charge in [-0.15, -0.1) is 0 Å². The van der Waals surface area contributed by atoms with E-state index in [0.717, 1.165) is 22.5 Å². The van der Waals surface area contributed by atoms with Gasteiger partial charge >= 0.3 is 5.97 Å². The number of nitro groups is 1. The van der Waals surface area contributed by atoms with E-state index in [-0.39, 0.29) is 11.3 Å². The highest BCUT2D eigenvalue weighted by Crippen LogP contribution is 2.49. The molecule has 7 heteroatoms. The van der Waals surface area contributed by atoms with Crippen molar-refractivity contribution in [2.24, 2.45) is 4.99 Å². The molecule has 3 aromatic rings. The summed E-state index contributed by atoms with van der Waals surface area (Å²) in [5.74, 6) is -1.08. The number of carbonyl (C=O) groups is 1. The molecule has 0 radical (unpaired) electrons. The van der Waals surface area contributed by atoms with Gasteiger partial charge in [-0.2, -0.15) is 0 Å². The van der Waals surface area contributed by atoms with Crippen LogP contribution < -0.4 is 0 Å². The van der Waals surface area contributed by atoms with Crippen molar-refractivity contribution in [3.05, 3.63) is 98.9 Å². The number of hydrogen-bond acceptors (Lipinski definition) is 5. The topological polar surface area (TPSA) is 106 Å². The first-order valence-corrected chi connectivity index (χ1v) is 9.40. The molecule has 0 spiro atoms. The van der Waals surface area contributed by atoms with E-state index in [0.29, 0.717) is 17.5 Å². The van der Waals surface area contributed by atoms with Gasteiger partial charge in [0.25, 0.3) is 5.69 Å². The summed E-state index contributed by atoms with van der Waals surface area (Å²) >= 11 is 0. The van der Waals surface area contributed by atoms with Crippen LogP contribution in [0.1, 0.15) is 46.0 Å². The van der Waals surface area contributed by atoms with E-state index in [1.165, 1.54) is 12.3 Å². The summed E-state index contributed by atoms with van der Waals surface area (Å²) in [7, 11) is 0. The lowest BCUT2D eigenvalue weighted by atomic mass is 9.65. The number of fused-ring (bicyclic) bond motifs is 1. The maximum absolute atomic E-state index is 11.6. The third kappa shape index (κ3) is 3.14. The number of carboxylic acids is 1. The van der Waals surface area contributed by atoms with Crippen molar-refractivity contribution in [2.45, 2.75) is 25.7 Å². The molecule has 0 fully saturated rings. The molecule has 0 aliphatic carbocycles. The summed E-state index contributed by atoms with van der Waals surface area (Å²) in [4.78, 5) is 31.5. The quantitative estimate of drug-likeness (QED) is 0.498. The standard InChI is InChI=1S/C23H19N3O4/c1-14-6-7-21-20(8-14)23(11-15(2)25-21,17-4-3-5-19(10-17)26(29)30)18-9-16(22(27)28)12-24-13-18/h3-10,12-13H,11H2,1-2H3,(H,27,28). The van der Waals surface area contributed by atoms with E-state index < -0.39 is 16.3 Å². The van der Waals surface area contributed by atoms with Crippen molar-refractivity contribution in [3.8, 4) is 0 Å². The van der Waals surface area contributed by atoms with E-state index >= 15 is 0 Å². The molecule has 1 aromatic heterocycles. The molecular weight excluding hydrogens is 382 g/mol. The summed E-state index contributed by atoms with van der Waals surface area (Å²) in [5, 5.41) is 21.0. The van der Waals surface area contributed by atoms with Crippen molar-refractivity contribution in [1.82, 2.24) is 4.98 Å². The number of aryl methyl sites for hydroxylation is 1. The van der Waals surface area contributed by atoms with E-state index in [4.69, 9.17) is 4.99 Å². The highest BCUT2D eigenvalue weighted by Gasteiger charge is 2.42. The Morgan fingerprint density at radius 3 is 2.63 bits per heavy atom. The molecule has 2 heterocycles. The number of aromatic carboxylic acids is 1. The number of pyridine rings is 1. The van der Waals surface area contributed by atoms with Crippen LogP contribution in [-0.2, 0) is 5.41 Å². The van der Waals surface area contributed by atoms with Crippen LogP contribution in [0.5, 0.6) is 0 Å². The Labute approximate surface area is 172 Å². The number of carboxylic acid groups (broad SMARTS) is 1. The Morgan fingerprint density at radius 2 is 1.90 bits per heavy atom. The van der Waals surface area contributed by atoms with Crippen LogP contribution in [0.3, 0.4) is 0 Å². The van der Waals surface area contributed by atoms with Gasteiger partial charge in [-0.05, 0) is 42.7 Å². The summed E-state index contributed by atoms with van der Waals surface area (Å²) < 4.78 is 0. The third-order valence-electron chi connectivity index (χ3n) is 5.47. The SMILES string of the molecule is CC1=Nc2ccc(C)cc2C(c2cncc(C(=O)O)c2)(c2cccc([N+](=O)[O-])c2)C1. The molecular formula is C23H19N3O4. The number of nitro benzene ring substituents is 1. The van der Waals surface area contributed by atoms with Crippen molar-refractivity contribution < 1.29 is 14.8 Å². The normalized spacial score (nSPS) is 17.7. The first kappa shape index (κ1) is 19.4. The van der Waals surface area contributed by atoms with Crippen LogP contribution in [-0.4, -0.2) is 26.7 Å². The highest BCUT2D eigenvalue weighted by molar-refractivity contribution is 5.92. The number of rotatable bonds is 4. The van der Waals surface area contributed by atoms with Gasteiger partial charge in [-0.1, -0.05) is 29.8 Å². The number of hydrogen-bond donors (Lipinski definition) is 1. The lowest BCUT2D eigenvalue weighted by Crippen LogP contribution is -2.34. The lowest BCUT2D eigenvalue weighted by molar-refractivity contribution is -0.384. The van der Waals surface area contributed by atoms with E-state index in [9.17, 15) is 20.0 Å². The molecule has 7 nitrogen and oxygen atoms in total. The number of aromatic nitrogens is 1. The van der Waals surface area contributed by atoms with Crippen molar-refractivity contribution >= 4 is 23.1 Å². The summed E-state index contributed by atoms with van der Waals surface area (Å²) in [6.45, 7) is 3.87. The van der Waals surface area contributed by atoms with Crippen LogP contribution >= 0.6 is 0 Å². The molecule has 1 N–H and O–H groups in total. The minimum atomic E-state index is -1.08. The molecule has 1 aliphatic heterocycles. The number of nitrogens with zero attached hydrogens (tertiary/aromatic N) is 3. The predicted octanol–water partition coefficient (Wildman–Crippen LogP) is 4.83. The Kier molecular flexibility index (Phi) is 4.66. The Morgan fingerprint density at radius 1 is 1.10 bits per heavy atom. The summed E-state index contributed by atoms with van der Waals surface area (Å²) in [6, 6.07) is 14.0. The largest absolute Gasteiger partial charge is 0.478 e. The second kappa shape index (κ2) is 7.18. The maximum atomic E-state index is 11.6. The van der Waals surface area contributed by atoms with E-state index in [1.807, 2.05) is 38.1 Å². The molecule has 150 valence electrons. The zero-order valence-electron chi connectivity index (χ0n) is 16.5. The minimum Gasteiger partial charge on any atom is -0.478 e. The zero-order valence-corrected chi connectivity index (χ0v) is 16.5. The first-order chi connectivity index (χ1) is 14.3. The summed E-state index contributed by atoms with van der Waals surface area (Å²) in [6.07, 6.45) is 3.39. The number of non-ortho nitro benzene ring substituents is 1. The van der Waals surface area contributed by atoms with E-state index in [1.54, 1.807) is 24.4 Å². The van der Waals surface area contributed by atoms with Crippen LogP contribution in [0.4, 0.5) is 11.4 Å². The van der Waals surface area contributed by atoms with E-state index in [2.05, 4.69) is 4.98 Å². The molecule has 0 bridgehead atoms. The van der Waals surface area contributed by atoms with Crippen LogP contribution in [0, 0.1) is 17.0 Å². The zero-order chi connectivity index (χ0) is 21.5. The first-order valence-electron chi connectivity index (χ1n) is 9.40. The van der Waals surface area contributed by atoms with Gasteiger partial charge in [0.15, 0.2) is 0 Å². The van der Waals surface area contributed by atoms with Gasteiger partial charge in [0.1, 0.15) is 0 Å². The predicted molar refractivity (Wildman–Crippen MR) is 113 cm³/mol. The molecule has 0 saturated heterocycles. The Hall–Kier alpha value is -3.87. The Bertz CT molecular complexity index is 1160. The molecule has 1 unspecified atom stereocenters. The third-order valence-corrected chi connectivity index (χ3v) is 5.47. The average Bonchev–Trinajstić information content (AvgIpc) is 2.73. The molecule has 4 rings (SSSR count). The molecule has 2 aromatic carbocycles. The van der Waals surface area contributed by atoms with Gasteiger partial charge in [0, 0.05) is 36.7 Å². The van der Waals surface area contributed by atoms with Crippen molar-refractivity contribution in [2.75, 3.05) is 0 Å². The monoisotopic (exact) mass is 401 g/mol. The van der Waals surface area contributed by atoms with Gasteiger partial charge in [-0.25, -0.2) is 4.79 Å². The minimum absolute atomic E-state index is 0.0245. The summed E-state index contributed by atoms with van der Waals surface area (Å²) in [5.41, 5.74) is 4.03. The second-order valence-electron chi connectivity index (χ2n) is 7.52. The molecule has 0 amide bonds. The maximum Gasteiger partial charge on any atom is 0.337 e.